The Balaban J connectivity index is 1.35. The molecular formula is C19H18N7S. The molecule has 1 saturated heterocycles. The molecule has 0 N–H and O–H groups in total. The summed E-state index contributed by atoms with van der Waals surface area (Å²) in [5.41, 5.74) is 1.02. The molecule has 0 aliphatic carbocycles. The first-order chi connectivity index (χ1) is 13.4. The Bertz CT molecular complexity index is 956. The van der Waals surface area contributed by atoms with E-state index in [1.54, 1.807) is 23.7 Å². The molecule has 8 heteroatoms. The van der Waals surface area contributed by atoms with E-state index in [-0.39, 0.29) is 0 Å². The first-order valence-electron chi connectivity index (χ1n) is 8.88. The van der Waals surface area contributed by atoms with Gasteiger partial charge in [-0.15, -0.1) is 0 Å². The van der Waals surface area contributed by atoms with Crippen LogP contribution < -0.4 is 9.80 Å². The molecule has 0 amide bonds. The summed E-state index contributed by atoms with van der Waals surface area (Å²) in [5, 5.41) is 0.938. The van der Waals surface area contributed by atoms with Crippen LogP contribution in [0.25, 0.3) is 10.2 Å². The third kappa shape index (κ3) is 3.12. The van der Waals surface area contributed by atoms with Crippen molar-refractivity contribution in [3.63, 3.8) is 0 Å². The molecule has 0 atom stereocenters. The summed E-state index contributed by atoms with van der Waals surface area (Å²) >= 11 is 1.68. The lowest BCUT2D eigenvalue weighted by Gasteiger charge is -2.39. The SMILES string of the molecule is [CH]1C=CN=C(N2CCN(c3ncccn3)CC2)N1c1nc2ccccc2s1. The summed E-state index contributed by atoms with van der Waals surface area (Å²) in [6.07, 6.45) is 7.36. The molecule has 4 heterocycles. The van der Waals surface area contributed by atoms with Crippen LogP contribution in [0.15, 0.2) is 60.0 Å². The Morgan fingerprint density at radius 2 is 1.67 bits per heavy atom. The van der Waals surface area contributed by atoms with Crippen molar-refractivity contribution in [2.45, 2.75) is 0 Å². The third-order valence-corrected chi connectivity index (χ3v) is 5.65. The first-order valence-corrected chi connectivity index (χ1v) is 9.70. The van der Waals surface area contributed by atoms with Gasteiger partial charge in [0.2, 0.25) is 11.9 Å². The van der Waals surface area contributed by atoms with Gasteiger partial charge in [-0.05, 0) is 24.3 Å². The zero-order chi connectivity index (χ0) is 18.1. The minimum Gasteiger partial charge on any atom is -0.339 e. The van der Waals surface area contributed by atoms with Crippen LogP contribution in [0.1, 0.15) is 0 Å². The highest BCUT2D eigenvalue weighted by atomic mass is 32.1. The van der Waals surface area contributed by atoms with Crippen molar-refractivity contribution in [2.75, 3.05) is 36.0 Å². The van der Waals surface area contributed by atoms with Gasteiger partial charge in [-0.3, -0.25) is 4.90 Å². The number of nitrogens with zero attached hydrogens (tertiary/aromatic N) is 7. The number of benzene rings is 1. The second kappa shape index (κ2) is 6.96. The summed E-state index contributed by atoms with van der Waals surface area (Å²) in [6.45, 7) is 5.48. The van der Waals surface area contributed by atoms with Crippen molar-refractivity contribution < 1.29 is 0 Å². The summed E-state index contributed by atoms with van der Waals surface area (Å²) in [7, 11) is 0. The number of rotatable bonds is 2. The maximum atomic E-state index is 4.79. The van der Waals surface area contributed by atoms with E-state index >= 15 is 0 Å². The molecular weight excluding hydrogens is 358 g/mol. The fourth-order valence-electron chi connectivity index (χ4n) is 3.27. The largest absolute Gasteiger partial charge is 0.339 e. The summed E-state index contributed by atoms with van der Waals surface area (Å²) in [4.78, 5) is 24.7. The van der Waals surface area contributed by atoms with Crippen molar-refractivity contribution >= 4 is 38.6 Å². The number of fused-ring (bicyclic) bond motifs is 1. The first kappa shape index (κ1) is 16.2. The van der Waals surface area contributed by atoms with Crippen LogP contribution in [0.2, 0.25) is 0 Å². The van der Waals surface area contributed by atoms with Crippen LogP contribution in [-0.2, 0) is 0 Å². The van der Waals surface area contributed by atoms with E-state index in [1.807, 2.05) is 43.1 Å². The molecule has 3 aromatic rings. The number of para-hydroxylation sites is 1. The molecule has 0 spiro atoms. The van der Waals surface area contributed by atoms with Gasteiger partial charge in [-0.25, -0.2) is 19.9 Å². The van der Waals surface area contributed by atoms with E-state index in [1.165, 1.54) is 4.70 Å². The summed E-state index contributed by atoms with van der Waals surface area (Å²) in [5.74, 6) is 1.71. The van der Waals surface area contributed by atoms with Gasteiger partial charge in [0.05, 0.1) is 16.8 Å². The zero-order valence-corrected chi connectivity index (χ0v) is 15.5. The van der Waals surface area contributed by atoms with Gasteiger partial charge in [0.15, 0.2) is 5.13 Å². The summed E-state index contributed by atoms with van der Waals surface area (Å²) in [6, 6.07) is 10.1. The number of hydrogen-bond donors (Lipinski definition) is 0. The average molecular weight is 376 g/mol. The van der Waals surface area contributed by atoms with E-state index in [9.17, 15) is 0 Å². The lowest BCUT2D eigenvalue weighted by atomic mass is 10.3. The minimum absolute atomic E-state index is 0.789. The number of hydrogen-bond acceptors (Lipinski definition) is 8. The van der Waals surface area contributed by atoms with Gasteiger partial charge in [-0.1, -0.05) is 23.5 Å². The smallest absolute Gasteiger partial charge is 0.225 e. The molecule has 7 nitrogen and oxygen atoms in total. The quantitative estimate of drug-likeness (QED) is 0.685. The van der Waals surface area contributed by atoms with Gasteiger partial charge < -0.3 is 9.80 Å². The van der Waals surface area contributed by atoms with Crippen molar-refractivity contribution in [2.24, 2.45) is 4.99 Å². The van der Waals surface area contributed by atoms with E-state index < -0.39 is 0 Å². The maximum absolute atomic E-state index is 4.79. The zero-order valence-electron chi connectivity index (χ0n) is 14.6. The van der Waals surface area contributed by atoms with Crippen LogP contribution in [0.3, 0.4) is 0 Å². The van der Waals surface area contributed by atoms with Crippen LogP contribution in [-0.4, -0.2) is 52.0 Å². The molecule has 27 heavy (non-hydrogen) atoms. The molecule has 135 valence electrons. The lowest BCUT2D eigenvalue weighted by Crippen LogP contribution is -2.53. The van der Waals surface area contributed by atoms with Crippen molar-refractivity contribution in [3.05, 3.63) is 61.5 Å². The van der Waals surface area contributed by atoms with E-state index in [0.29, 0.717) is 0 Å². The molecule has 2 aliphatic heterocycles. The molecule has 1 fully saturated rings. The highest BCUT2D eigenvalue weighted by Gasteiger charge is 2.27. The Labute approximate surface area is 161 Å². The Morgan fingerprint density at radius 3 is 2.48 bits per heavy atom. The Morgan fingerprint density at radius 1 is 0.889 bits per heavy atom. The van der Waals surface area contributed by atoms with E-state index in [0.717, 1.165) is 48.7 Å². The summed E-state index contributed by atoms with van der Waals surface area (Å²) < 4.78 is 1.18. The predicted octanol–water partition coefficient (Wildman–Crippen LogP) is 2.76. The third-order valence-electron chi connectivity index (χ3n) is 4.61. The number of aliphatic imine (C=N–C) groups is 1. The van der Waals surface area contributed by atoms with Crippen molar-refractivity contribution in [1.82, 2.24) is 19.9 Å². The predicted molar refractivity (Wildman–Crippen MR) is 109 cm³/mol. The molecule has 2 aromatic heterocycles. The number of piperazine rings is 1. The fourth-order valence-corrected chi connectivity index (χ4v) is 4.22. The van der Waals surface area contributed by atoms with Crippen LogP contribution in [0.4, 0.5) is 11.1 Å². The Kier molecular flexibility index (Phi) is 4.17. The van der Waals surface area contributed by atoms with Crippen molar-refractivity contribution in [1.29, 1.82) is 0 Å². The molecule has 0 unspecified atom stereocenters. The average Bonchev–Trinajstić information content (AvgIpc) is 3.19. The monoisotopic (exact) mass is 376 g/mol. The fraction of sp³-hybridized carbons (Fsp3) is 0.211. The highest BCUT2D eigenvalue weighted by molar-refractivity contribution is 7.22. The molecule has 1 aromatic carbocycles. The second-order valence-corrected chi connectivity index (χ2v) is 7.29. The molecule has 2 aliphatic rings. The number of thiazole rings is 1. The highest BCUT2D eigenvalue weighted by Crippen LogP contribution is 2.31. The van der Waals surface area contributed by atoms with Crippen molar-refractivity contribution in [3.8, 4) is 0 Å². The Hall–Kier alpha value is -3.00. The van der Waals surface area contributed by atoms with E-state index in [4.69, 9.17) is 4.98 Å². The van der Waals surface area contributed by atoms with Gasteiger partial charge in [-0.2, -0.15) is 0 Å². The minimum atomic E-state index is 0.789. The van der Waals surface area contributed by atoms with Gasteiger partial charge >= 0.3 is 0 Å². The van der Waals surface area contributed by atoms with E-state index in [2.05, 4.69) is 35.7 Å². The van der Waals surface area contributed by atoms with Gasteiger partial charge in [0.1, 0.15) is 0 Å². The topological polar surface area (TPSA) is 60.8 Å². The molecule has 0 saturated carbocycles. The molecule has 1 radical (unpaired) electrons. The van der Waals surface area contributed by atoms with Crippen LogP contribution in [0.5, 0.6) is 0 Å². The number of aromatic nitrogens is 3. The van der Waals surface area contributed by atoms with Crippen LogP contribution in [0, 0.1) is 6.54 Å². The van der Waals surface area contributed by atoms with Crippen LogP contribution >= 0.6 is 11.3 Å². The maximum Gasteiger partial charge on any atom is 0.225 e. The lowest BCUT2D eigenvalue weighted by molar-refractivity contribution is 0.377. The second-order valence-electron chi connectivity index (χ2n) is 6.28. The number of guanidine groups is 1. The molecule has 5 rings (SSSR count). The molecule has 0 bridgehead atoms. The van der Waals surface area contributed by atoms with Gasteiger partial charge in [0, 0.05) is 44.8 Å². The normalized spacial score (nSPS) is 17.5. The van der Waals surface area contributed by atoms with Gasteiger partial charge in [0.25, 0.3) is 0 Å². The standard InChI is InChI=1S/C19H18N7S/c1-2-6-16-15(5-1)23-19(27-16)26-10-4-9-22-18(26)25-13-11-24(12-14-25)17-20-7-3-8-21-17/h1-10H,11-14H2. The number of anilines is 2.